The molecular formula is C33H43N7O2. The average molecular weight is 570 g/mol. The molecule has 2 aromatic heterocycles. The van der Waals surface area contributed by atoms with Gasteiger partial charge in [0.05, 0.1) is 18.1 Å². The van der Waals surface area contributed by atoms with Crippen molar-refractivity contribution in [2.24, 2.45) is 7.05 Å². The second-order valence-electron chi connectivity index (χ2n) is 13.4. The minimum Gasteiger partial charge on any atom is -0.381 e. The first-order valence-corrected chi connectivity index (χ1v) is 15.6. The SMILES string of the molecule is COC1CC(c2cc(NC3CCCC3)nc(N3Cc4c(C)cc(CNC5(C)CCC5)cc4C3=O)c2)(c2nncn2C)C1. The van der Waals surface area contributed by atoms with Crippen LogP contribution < -0.4 is 15.5 Å². The number of amides is 1. The highest BCUT2D eigenvalue weighted by molar-refractivity contribution is 6.10. The van der Waals surface area contributed by atoms with Gasteiger partial charge in [0, 0.05) is 37.8 Å². The van der Waals surface area contributed by atoms with Crippen LogP contribution in [0.25, 0.3) is 0 Å². The number of hydrogen-bond donors (Lipinski definition) is 2. The first-order chi connectivity index (χ1) is 20.3. The van der Waals surface area contributed by atoms with Gasteiger partial charge in [-0.25, -0.2) is 4.98 Å². The van der Waals surface area contributed by atoms with E-state index in [1.54, 1.807) is 13.4 Å². The maximum Gasteiger partial charge on any atom is 0.260 e. The lowest BCUT2D eigenvalue weighted by molar-refractivity contribution is -0.00696. The number of methoxy groups -OCH3 is 1. The van der Waals surface area contributed by atoms with Crippen molar-refractivity contribution in [1.82, 2.24) is 25.1 Å². The zero-order chi connectivity index (χ0) is 29.1. The summed E-state index contributed by atoms with van der Waals surface area (Å²) in [5, 5.41) is 16.2. The third kappa shape index (κ3) is 4.71. The molecule has 9 nitrogen and oxygen atoms in total. The normalized spacial score (nSPS) is 24.9. The third-order valence-corrected chi connectivity index (χ3v) is 10.5. The van der Waals surface area contributed by atoms with E-state index in [1.165, 1.54) is 37.7 Å². The Labute approximate surface area is 248 Å². The third-order valence-electron chi connectivity index (χ3n) is 10.5. The van der Waals surface area contributed by atoms with E-state index in [2.05, 4.69) is 58.9 Å². The molecule has 3 heterocycles. The number of aryl methyl sites for hydroxylation is 2. The molecule has 222 valence electrons. The van der Waals surface area contributed by atoms with Gasteiger partial charge in [0.2, 0.25) is 0 Å². The number of hydrogen-bond acceptors (Lipinski definition) is 7. The number of benzene rings is 1. The number of aromatic nitrogens is 4. The van der Waals surface area contributed by atoms with Crippen LogP contribution in [-0.4, -0.2) is 50.5 Å². The van der Waals surface area contributed by atoms with E-state index in [0.29, 0.717) is 18.4 Å². The van der Waals surface area contributed by atoms with E-state index in [-0.39, 0.29) is 23.0 Å². The smallest absolute Gasteiger partial charge is 0.260 e. The molecule has 0 atom stereocenters. The zero-order valence-electron chi connectivity index (χ0n) is 25.4. The Morgan fingerprint density at radius 3 is 2.55 bits per heavy atom. The molecule has 0 radical (unpaired) electrons. The summed E-state index contributed by atoms with van der Waals surface area (Å²) >= 11 is 0. The van der Waals surface area contributed by atoms with Gasteiger partial charge in [-0.1, -0.05) is 18.9 Å². The maximum absolute atomic E-state index is 14.1. The number of fused-ring (bicyclic) bond motifs is 1. The monoisotopic (exact) mass is 569 g/mol. The Morgan fingerprint density at radius 1 is 1.10 bits per heavy atom. The molecule has 9 heteroatoms. The molecule has 3 fully saturated rings. The molecule has 3 aromatic rings. The summed E-state index contributed by atoms with van der Waals surface area (Å²) in [7, 11) is 3.77. The van der Waals surface area contributed by atoms with Gasteiger partial charge < -0.3 is 19.9 Å². The molecule has 42 heavy (non-hydrogen) atoms. The van der Waals surface area contributed by atoms with E-state index in [9.17, 15) is 4.79 Å². The summed E-state index contributed by atoms with van der Waals surface area (Å²) in [6.07, 6.45) is 12.0. The number of carbonyl (C=O) groups excluding carboxylic acids is 1. The first-order valence-electron chi connectivity index (χ1n) is 15.6. The first kappa shape index (κ1) is 27.5. The van der Waals surface area contributed by atoms with E-state index in [1.807, 2.05) is 16.5 Å². The fraction of sp³-hybridized carbons (Fsp3) is 0.576. The molecule has 1 aliphatic heterocycles. The summed E-state index contributed by atoms with van der Waals surface area (Å²) in [6.45, 7) is 5.73. The topological polar surface area (TPSA) is 97.2 Å². The Bertz CT molecular complexity index is 1500. The Hall–Kier alpha value is -3.30. The molecule has 0 saturated heterocycles. The molecule has 0 unspecified atom stereocenters. The second-order valence-corrected chi connectivity index (χ2v) is 13.4. The maximum atomic E-state index is 14.1. The molecule has 7 rings (SSSR count). The van der Waals surface area contributed by atoms with Gasteiger partial charge >= 0.3 is 0 Å². The molecule has 0 bridgehead atoms. The number of nitrogens with zero attached hydrogens (tertiary/aromatic N) is 5. The van der Waals surface area contributed by atoms with E-state index < -0.39 is 0 Å². The highest BCUT2D eigenvalue weighted by Gasteiger charge is 2.51. The Kier molecular flexibility index (Phi) is 6.85. The van der Waals surface area contributed by atoms with Crippen molar-refractivity contribution >= 4 is 17.5 Å². The minimum absolute atomic E-state index is 0.0253. The lowest BCUT2D eigenvalue weighted by Crippen LogP contribution is -2.48. The van der Waals surface area contributed by atoms with Gasteiger partial charge in [-0.2, -0.15) is 0 Å². The Balaban J connectivity index is 1.24. The van der Waals surface area contributed by atoms with Gasteiger partial charge in [-0.05, 0) is 99.2 Å². The van der Waals surface area contributed by atoms with Crippen molar-refractivity contribution in [1.29, 1.82) is 0 Å². The van der Waals surface area contributed by atoms with Crippen LogP contribution in [0.1, 0.15) is 103 Å². The van der Waals surface area contributed by atoms with Crippen molar-refractivity contribution in [3.63, 3.8) is 0 Å². The summed E-state index contributed by atoms with van der Waals surface area (Å²) in [5.74, 6) is 2.47. The van der Waals surface area contributed by atoms with E-state index in [0.717, 1.165) is 66.1 Å². The van der Waals surface area contributed by atoms with Crippen LogP contribution in [0.4, 0.5) is 11.6 Å². The molecule has 1 aromatic carbocycles. The van der Waals surface area contributed by atoms with Crippen LogP contribution in [0.2, 0.25) is 0 Å². The van der Waals surface area contributed by atoms with Gasteiger partial charge in [0.1, 0.15) is 23.8 Å². The largest absolute Gasteiger partial charge is 0.381 e. The van der Waals surface area contributed by atoms with Gasteiger partial charge in [-0.3, -0.25) is 9.69 Å². The summed E-state index contributed by atoms with van der Waals surface area (Å²) < 4.78 is 7.76. The predicted octanol–water partition coefficient (Wildman–Crippen LogP) is 5.16. The molecule has 3 aliphatic carbocycles. The number of ether oxygens (including phenoxy) is 1. The van der Waals surface area contributed by atoms with Crippen LogP contribution in [0.3, 0.4) is 0 Å². The van der Waals surface area contributed by atoms with Crippen LogP contribution >= 0.6 is 0 Å². The fourth-order valence-electron chi connectivity index (χ4n) is 7.59. The van der Waals surface area contributed by atoms with Gasteiger partial charge in [0.25, 0.3) is 5.91 Å². The van der Waals surface area contributed by atoms with Crippen molar-refractivity contribution in [3.8, 4) is 0 Å². The number of carbonyl (C=O) groups is 1. The van der Waals surface area contributed by atoms with Crippen LogP contribution in [0.15, 0.2) is 30.6 Å². The van der Waals surface area contributed by atoms with Crippen LogP contribution in [0.5, 0.6) is 0 Å². The summed E-state index contributed by atoms with van der Waals surface area (Å²) in [6, 6.07) is 9.02. The van der Waals surface area contributed by atoms with Crippen molar-refractivity contribution in [2.45, 2.75) is 108 Å². The summed E-state index contributed by atoms with van der Waals surface area (Å²) in [4.78, 5) is 21.0. The number of anilines is 2. The second kappa shape index (κ2) is 10.5. The summed E-state index contributed by atoms with van der Waals surface area (Å²) in [5.41, 5.74) is 5.21. The minimum atomic E-state index is -0.349. The van der Waals surface area contributed by atoms with Gasteiger partial charge in [-0.15, -0.1) is 10.2 Å². The molecule has 0 spiro atoms. The molecule has 2 N–H and O–H groups in total. The lowest BCUT2D eigenvalue weighted by atomic mass is 9.62. The lowest BCUT2D eigenvalue weighted by Gasteiger charge is -2.46. The highest BCUT2D eigenvalue weighted by Crippen LogP contribution is 2.50. The van der Waals surface area contributed by atoms with Crippen LogP contribution in [0, 0.1) is 6.92 Å². The fourth-order valence-corrected chi connectivity index (χ4v) is 7.59. The number of pyridine rings is 1. The van der Waals surface area contributed by atoms with Crippen molar-refractivity contribution in [3.05, 3.63) is 64.2 Å². The van der Waals surface area contributed by atoms with Crippen molar-refractivity contribution in [2.75, 3.05) is 17.3 Å². The average Bonchev–Trinajstić information content (AvgIpc) is 3.68. The van der Waals surface area contributed by atoms with Crippen molar-refractivity contribution < 1.29 is 9.53 Å². The Morgan fingerprint density at radius 2 is 1.88 bits per heavy atom. The van der Waals surface area contributed by atoms with Gasteiger partial charge in [0.15, 0.2) is 0 Å². The quantitative estimate of drug-likeness (QED) is 0.367. The standard InChI is InChI=1S/C33H43N7O2/c1-21-12-22(18-34-32(2)10-7-11-32)13-26-27(21)19-40(30(26)41)29-15-23(14-28(37-29)36-24-8-5-6-9-24)33(16-25(17-33)42-4)31-38-35-20-39(31)3/h12-15,20,24-25,34H,5-11,16-19H2,1-4H3,(H,36,37). The van der Waals surface area contributed by atoms with E-state index >= 15 is 0 Å². The number of nitrogens with one attached hydrogen (secondary N) is 2. The molecule has 1 amide bonds. The highest BCUT2D eigenvalue weighted by atomic mass is 16.5. The molecule has 3 saturated carbocycles. The predicted molar refractivity (Wildman–Crippen MR) is 163 cm³/mol. The zero-order valence-corrected chi connectivity index (χ0v) is 25.4. The molecule has 4 aliphatic rings. The molecular weight excluding hydrogens is 526 g/mol. The number of rotatable bonds is 9. The van der Waals surface area contributed by atoms with Crippen LogP contribution in [-0.2, 0) is 30.3 Å². The van der Waals surface area contributed by atoms with E-state index in [4.69, 9.17) is 9.72 Å².